The first-order chi connectivity index (χ1) is 5.36. The van der Waals surface area contributed by atoms with Crippen molar-refractivity contribution in [3.8, 4) is 6.07 Å². The average molecular weight is 169 g/mol. The first-order valence-corrected chi connectivity index (χ1v) is 3.74. The maximum Gasteiger partial charge on any atom is 0.184 e. The molecule has 0 aliphatic rings. The van der Waals surface area contributed by atoms with Gasteiger partial charge in [0.1, 0.15) is 0 Å². The van der Waals surface area contributed by atoms with E-state index < -0.39 is 0 Å². The summed E-state index contributed by atoms with van der Waals surface area (Å²) in [6.07, 6.45) is 0.405. The normalized spacial score (nSPS) is 9.45. The van der Waals surface area contributed by atoms with Crippen LogP contribution < -0.4 is 0 Å². The van der Waals surface area contributed by atoms with Crippen molar-refractivity contribution in [3.63, 3.8) is 0 Å². The summed E-state index contributed by atoms with van der Waals surface area (Å²) >= 11 is 3.97. The highest BCUT2D eigenvalue weighted by atomic mass is 32.1. The number of hydrogen-bond donors (Lipinski definition) is 1. The predicted octanol–water partition coefficient (Wildman–Crippen LogP) is 0.0166. The Bertz CT molecular complexity index is 262. The molecule has 0 aliphatic carbocycles. The Morgan fingerprint density at radius 2 is 2.45 bits per heavy atom. The summed E-state index contributed by atoms with van der Waals surface area (Å²) in [4.78, 5) is 1.40. The summed E-state index contributed by atoms with van der Waals surface area (Å²) in [5.41, 5.74) is 0. The zero-order valence-corrected chi connectivity index (χ0v) is 6.70. The zero-order chi connectivity index (χ0) is 8.10. The number of nitrogens with zero attached hydrogens (tertiary/aromatic N) is 5. The Labute approximate surface area is 69.4 Å². The molecule has 1 heterocycles. The Morgan fingerprint density at radius 3 is 3.00 bits per heavy atom. The number of aromatic nitrogens is 4. The van der Waals surface area contributed by atoms with Crippen LogP contribution in [0.25, 0.3) is 0 Å². The number of nitriles is 1. The van der Waals surface area contributed by atoms with Gasteiger partial charge in [-0.25, -0.2) is 0 Å². The summed E-state index contributed by atoms with van der Waals surface area (Å²) in [5, 5.41) is 19.6. The lowest BCUT2D eigenvalue weighted by Crippen LogP contribution is -2.01. The second kappa shape index (κ2) is 3.93. The van der Waals surface area contributed by atoms with Crippen LogP contribution in [0.4, 0.5) is 0 Å². The maximum atomic E-state index is 8.24. The SMILES string of the molecule is N#CCCn1nnc(CS)n1. The summed E-state index contributed by atoms with van der Waals surface area (Å²) in [7, 11) is 0. The van der Waals surface area contributed by atoms with E-state index in [0.717, 1.165) is 0 Å². The monoisotopic (exact) mass is 169 g/mol. The lowest BCUT2D eigenvalue weighted by atomic mass is 10.5. The molecule has 0 bridgehead atoms. The van der Waals surface area contributed by atoms with Crippen LogP contribution >= 0.6 is 12.6 Å². The van der Waals surface area contributed by atoms with Gasteiger partial charge in [-0.05, 0) is 5.21 Å². The molecule has 0 amide bonds. The second-order valence-electron chi connectivity index (χ2n) is 1.87. The molecule has 1 aromatic heterocycles. The van der Waals surface area contributed by atoms with Crippen LogP contribution in [0.3, 0.4) is 0 Å². The van der Waals surface area contributed by atoms with E-state index in [1.807, 2.05) is 6.07 Å². The molecule has 0 aromatic carbocycles. The highest BCUT2D eigenvalue weighted by molar-refractivity contribution is 7.79. The standard InChI is InChI=1S/C5H7N5S/c6-2-1-3-10-8-5(4-11)7-9-10/h11H,1,3-4H2. The van der Waals surface area contributed by atoms with E-state index in [4.69, 9.17) is 5.26 Å². The summed E-state index contributed by atoms with van der Waals surface area (Å²) in [6, 6.07) is 2.00. The molecule has 0 N–H and O–H groups in total. The van der Waals surface area contributed by atoms with Crippen LogP contribution in [0.1, 0.15) is 12.2 Å². The smallest absolute Gasteiger partial charge is 0.184 e. The van der Waals surface area contributed by atoms with Gasteiger partial charge in [-0.3, -0.25) is 0 Å². The molecule has 0 radical (unpaired) electrons. The lowest BCUT2D eigenvalue weighted by Gasteiger charge is -1.88. The van der Waals surface area contributed by atoms with E-state index in [-0.39, 0.29) is 0 Å². The number of hydrogen-bond acceptors (Lipinski definition) is 5. The van der Waals surface area contributed by atoms with Crippen LogP contribution in [0.2, 0.25) is 0 Å². The summed E-state index contributed by atoms with van der Waals surface area (Å²) < 4.78 is 0. The number of thiol groups is 1. The molecule has 0 spiro atoms. The molecule has 5 nitrogen and oxygen atoms in total. The van der Waals surface area contributed by atoms with Crippen LogP contribution in [0.5, 0.6) is 0 Å². The molecule has 6 heteroatoms. The Balaban J connectivity index is 2.53. The minimum atomic E-state index is 0.405. The van der Waals surface area contributed by atoms with Crippen molar-refractivity contribution >= 4 is 12.6 Å². The second-order valence-corrected chi connectivity index (χ2v) is 2.18. The molecule has 0 saturated heterocycles. The van der Waals surface area contributed by atoms with Crippen LogP contribution in [0.15, 0.2) is 0 Å². The third kappa shape index (κ3) is 2.20. The van der Waals surface area contributed by atoms with Crippen molar-refractivity contribution in [2.75, 3.05) is 0 Å². The van der Waals surface area contributed by atoms with Gasteiger partial charge in [0.05, 0.1) is 24.8 Å². The lowest BCUT2D eigenvalue weighted by molar-refractivity contribution is 0.529. The molecule has 0 atom stereocenters. The molecule has 0 fully saturated rings. The minimum absolute atomic E-state index is 0.405. The van der Waals surface area contributed by atoms with Crippen LogP contribution in [-0.4, -0.2) is 20.2 Å². The third-order valence-electron chi connectivity index (χ3n) is 1.06. The van der Waals surface area contributed by atoms with E-state index >= 15 is 0 Å². The predicted molar refractivity (Wildman–Crippen MR) is 40.7 cm³/mol. The fraction of sp³-hybridized carbons (Fsp3) is 0.600. The fourth-order valence-electron chi connectivity index (χ4n) is 0.584. The van der Waals surface area contributed by atoms with Crippen molar-refractivity contribution in [2.24, 2.45) is 0 Å². The Morgan fingerprint density at radius 1 is 1.64 bits per heavy atom. The first kappa shape index (κ1) is 8.01. The van der Waals surface area contributed by atoms with Gasteiger partial charge in [0.2, 0.25) is 0 Å². The van der Waals surface area contributed by atoms with E-state index in [2.05, 4.69) is 28.0 Å². The molecule has 58 valence electrons. The molecule has 0 aliphatic heterocycles. The van der Waals surface area contributed by atoms with Gasteiger partial charge < -0.3 is 0 Å². The van der Waals surface area contributed by atoms with Gasteiger partial charge in [0.15, 0.2) is 5.82 Å². The van der Waals surface area contributed by atoms with E-state index in [9.17, 15) is 0 Å². The summed E-state index contributed by atoms with van der Waals surface area (Å²) in [5.74, 6) is 1.07. The number of aryl methyl sites for hydroxylation is 1. The van der Waals surface area contributed by atoms with Crippen LogP contribution in [0, 0.1) is 11.3 Å². The maximum absolute atomic E-state index is 8.24. The molecule has 1 aromatic rings. The average Bonchev–Trinajstić information content (AvgIpc) is 2.48. The molecule has 0 saturated carbocycles. The van der Waals surface area contributed by atoms with Crippen molar-refractivity contribution < 1.29 is 0 Å². The molecular formula is C5H7N5S. The van der Waals surface area contributed by atoms with Crippen molar-refractivity contribution in [1.82, 2.24) is 20.2 Å². The number of tetrazole rings is 1. The van der Waals surface area contributed by atoms with Gasteiger partial charge in [0, 0.05) is 0 Å². The van der Waals surface area contributed by atoms with E-state index in [1.165, 1.54) is 4.80 Å². The van der Waals surface area contributed by atoms with Gasteiger partial charge in [-0.2, -0.15) is 22.7 Å². The highest BCUT2D eigenvalue weighted by Crippen LogP contribution is 1.91. The first-order valence-electron chi connectivity index (χ1n) is 3.11. The summed E-state index contributed by atoms with van der Waals surface area (Å²) in [6.45, 7) is 0.497. The minimum Gasteiger partial charge on any atom is -0.198 e. The van der Waals surface area contributed by atoms with E-state index in [1.54, 1.807) is 0 Å². The highest BCUT2D eigenvalue weighted by Gasteiger charge is 1.98. The van der Waals surface area contributed by atoms with Gasteiger partial charge in [-0.15, -0.1) is 10.2 Å². The third-order valence-corrected chi connectivity index (χ3v) is 1.34. The Kier molecular flexibility index (Phi) is 2.86. The topological polar surface area (TPSA) is 67.4 Å². The molecule has 0 unspecified atom stereocenters. The Hall–Kier alpha value is -1.09. The van der Waals surface area contributed by atoms with Gasteiger partial charge in [0.25, 0.3) is 0 Å². The molecule has 1 rings (SSSR count). The van der Waals surface area contributed by atoms with Gasteiger partial charge in [-0.1, -0.05) is 0 Å². The van der Waals surface area contributed by atoms with Gasteiger partial charge >= 0.3 is 0 Å². The van der Waals surface area contributed by atoms with Crippen molar-refractivity contribution in [2.45, 2.75) is 18.7 Å². The quantitative estimate of drug-likeness (QED) is 0.647. The zero-order valence-electron chi connectivity index (χ0n) is 5.80. The van der Waals surface area contributed by atoms with E-state index in [0.29, 0.717) is 24.5 Å². The van der Waals surface area contributed by atoms with Crippen molar-refractivity contribution in [3.05, 3.63) is 5.82 Å². The molecular weight excluding hydrogens is 162 g/mol. The number of rotatable bonds is 3. The fourth-order valence-corrected chi connectivity index (χ4v) is 0.711. The molecule has 11 heavy (non-hydrogen) atoms. The van der Waals surface area contributed by atoms with Crippen molar-refractivity contribution in [1.29, 1.82) is 5.26 Å². The van der Waals surface area contributed by atoms with Crippen LogP contribution in [-0.2, 0) is 12.3 Å². The largest absolute Gasteiger partial charge is 0.198 e.